The van der Waals surface area contributed by atoms with Gasteiger partial charge in [0, 0.05) is 11.7 Å². The number of nitrogens with zero attached hydrogens (tertiary/aromatic N) is 2. The highest BCUT2D eigenvalue weighted by Gasteiger charge is 2.34. The summed E-state index contributed by atoms with van der Waals surface area (Å²) >= 11 is 1.50. The van der Waals surface area contributed by atoms with Crippen molar-refractivity contribution in [2.75, 3.05) is 43.2 Å². The average molecular weight is 560 g/mol. The Labute approximate surface area is 239 Å². The summed E-state index contributed by atoms with van der Waals surface area (Å²) in [6.45, 7) is 3.91. The van der Waals surface area contributed by atoms with Gasteiger partial charge in [0.05, 0.1) is 28.9 Å². The molecule has 2 aliphatic rings. The SMILES string of the molecule is CN[C@@H](C)C(=O)N[C@H]1CSc2c(NC(=O)C3CCN(C)CC3)cccc2N(Cc2cccc3ccccc23)C1=O. The lowest BCUT2D eigenvalue weighted by Crippen LogP contribution is -2.53. The zero-order chi connectivity index (χ0) is 28.2. The third kappa shape index (κ3) is 6.01. The van der Waals surface area contributed by atoms with Gasteiger partial charge in [0.1, 0.15) is 6.04 Å². The van der Waals surface area contributed by atoms with Crippen LogP contribution >= 0.6 is 11.8 Å². The van der Waals surface area contributed by atoms with Gasteiger partial charge in [0.2, 0.25) is 11.8 Å². The monoisotopic (exact) mass is 559 g/mol. The van der Waals surface area contributed by atoms with Crippen molar-refractivity contribution in [2.45, 2.75) is 43.3 Å². The number of hydrogen-bond donors (Lipinski definition) is 3. The lowest BCUT2D eigenvalue weighted by molar-refractivity contribution is -0.128. The van der Waals surface area contributed by atoms with E-state index in [1.807, 2.05) is 42.5 Å². The smallest absolute Gasteiger partial charge is 0.250 e. The van der Waals surface area contributed by atoms with E-state index in [2.05, 4.69) is 46.1 Å². The number of rotatable bonds is 7. The van der Waals surface area contributed by atoms with Gasteiger partial charge in [-0.15, -0.1) is 11.8 Å². The summed E-state index contributed by atoms with van der Waals surface area (Å²) in [7, 11) is 3.80. The van der Waals surface area contributed by atoms with Crippen LogP contribution in [0.15, 0.2) is 65.6 Å². The Morgan fingerprint density at radius 1 is 1.02 bits per heavy atom. The van der Waals surface area contributed by atoms with E-state index in [0.29, 0.717) is 18.0 Å². The number of likely N-dealkylation sites (N-methyl/N-ethyl adjacent to an activating group) is 1. The number of hydrogen-bond acceptors (Lipinski definition) is 6. The molecule has 40 heavy (non-hydrogen) atoms. The molecule has 210 valence electrons. The second kappa shape index (κ2) is 12.4. The van der Waals surface area contributed by atoms with E-state index in [0.717, 1.165) is 52.8 Å². The Hall–Kier alpha value is -3.40. The molecule has 2 aliphatic heterocycles. The molecule has 3 amide bonds. The number of likely N-dealkylation sites (tertiary alicyclic amines) is 1. The van der Waals surface area contributed by atoms with Crippen LogP contribution in [0.5, 0.6) is 0 Å². The number of nitrogens with one attached hydrogen (secondary N) is 3. The van der Waals surface area contributed by atoms with Crippen LogP contribution in [-0.2, 0) is 20.9 Å². The van der Waals surface area contributed by atoms with Crippen molar-refractivity contribution in [2.24, 2.45) is 5.92 Å². The molecule has 0 aliphatic carbocycles. The fraction of sp³-hybridized carbons (Fsp3) is 0.387. The largest absolute Gasteiger partial charge is 0.342 e. The molecule has 3 aromatic rings. The van der Waals surface area contributed by atoms with Crippen molar-refractivity contribution in [3.63, 3.8) is 0 Å². The first-order chi connectivity index (χ1) is 19.4. The minimum Gasteiger partial charge on any atom is -0.342 e. The Bertz CT molecular complexity index is 1400. The van der Waals surface area contributed by atoms with Crippen LogP contribution in [0.1, 0.15) is 25.3 Å². The number of carbonyl (C=O) groups is 3. The van der Waals surface area contributed by atoms with Crippen molar-refractivity contribution in [1.82, 2.24) is 15.5 Å². The molecule has 0 bridgehead atoms. The molecule has 0 radical (unpaired) electrons. The van der Waals surface area contributed by atoms with E-state index in [1.54, 1.807) is 18.9 Å². The Kier molecular flexibility index (Phi) is 8.73. The van der Waals surface area contributed by atoms with Crippen molar-refractivity contribution in [3.05, 3.63) is 66.2 Å². The average Bonchev–Trinajstić information content (AvgIpc) is 3.10. The summed E-state index contributed by atoms with van der Waals surface area (Å²) < 4.78 is 0. The third-order valence-electron chi connectivity index (χ3n) is 7.94. The van der Waals surface area contributed by atoms with Gasteiger partial charge in [-0.3, -0.25) is 14.4 Å². The van der Waals surface area contributed by atoms with Crippen LogP contribution in [0, 0.1) is 5.92 Å². The maximum absolute atomic E-state index is 14.1. The van der Waals surface area contributed by atoms with Crippen molar-refractivity contribution >= 4 is 51.6 Å². The molecule has 0 aromatic heterocycles. The number of carbonyl (C=O) groups excluding carboxylic acids is 3. The van der Waals surface area contributed by atoms with E-state index in [-0.39, 0.29) is 23.6 Å². The topological polar surface area (TPSA) is 93.8 Å². The predicted octanol–water partition coefficient (Wildman–Crippen LogP) is 3.85. The van der Waals surface area contributed by atoms with Crippen molar-refractivity contribution < 1.29 is 14.4 Å². The maximum atomic E-state index is 14.1. The zero-order valence-electron chi connectivity index (χ0n) is 23.3. The first-order valence-electron chi connectivity index (χ1n) is 13.9. The van der Waals surface area contributed by atoms with Crippen LogP contribution in [0.25, 0.3) is 10.8 Å². The maximum Gasteiger partial charge on any atom is 0.250 e. The lowest BCUT2D eigenvalue weighted by atomic mass is 9.96. The molecular formula is C31H37N5O3S. The minimum atomic E-state index is -0.715. The van der Waals surface area contributed by atoms with Gasteiger partial charge < -0.3 is 25.8 Å². The molecule has 1 saturated heterocycles. The lowest BCUT2D eigenvalue weighted by Gasteiger charge is -2.29. The molecule has 2 atom stereocenters. The number of thioether (sulfide) groups is 1. The number of benzene rings is 3. The minimum absolute atomic E-state index is 0.0194. The van der Waals surface area contributed by atoms with E-state index >= 15 is 0 Å². The van der Waals surface area contributed by atoms with Crippen LogP contribution < -0.4 is 20.9 Å². The van der Waals surface area contributed by atoms with Gasteiger partial charge >= 0.3 is 0 Å². The molecule has 8 nitrogen and oxygen atoms in total. The molecule has 3 aromatic carbocycles. The van der Waals surface area contributed by atoms with Gasteiger partial charge in [-0.1, -0.05) is 48.5 Å². The molecular weight excluding hydrogens is 522 g/mol. The Morgan fingerprint density at radius 3 is 2.52 bits per heavy atom. The van der Waals surface area contributed by atoms with Crippen LogP contribution in [0.2, 0.25) is 0 Å². The van der Waals surface area contributed by atoms with E-state index in [4.69, 9.17) is 0 Å². The standard InChI is InChI=1S/C31H37N5O3S/c1-20(32-2)29(37)34-26-19-40-28-25(33-30(38)22-14-16-35(3)17-15-22)12-7-13-27(28)36(31(26)39)18-23-10-6-9-21-8-4-5-11-24(21)23/h4-13,20,22,26,32H,14-19H2,1-3H3,(H,33,38)(H,34,37)/t20-,26-/m0/s1. The zero-order valence-corrected chi connectivity index (χ0v) is 24.1. The van der Waals surface area contributed by atoms with Gasteiger partial charge in [0.25, 0.3) is 5.91 Å². The Balaban J connectivity index is 1.50. The summed E-state index contributed by atoms with van der Waals surface area (Å²) in [5.74, 6) is -0.0542. The molecule has 3 N–H and O–H groups in total. The second-order valence-corrected chi connectivity index (χ2v) is 11.7. The van der Waals surface area contributed by atoms with Gasteiger partial charge in [0.15, 0.2) is 0 Å². The van der Waals surface area contributed by atoms with E-state index < -0.39 is 12.1 Å². The molecule has 2 heterocycles. The quantitative estimate of drug-likeness (QED) is 0.407. The first kappa shape index (κ1) is 28.1. The second-order valence-electron chi connectivity index (χ2n) is 10.7. The normalized spacial score (nSPS) is 19.1. The highest BCUT2D eigenvalue weighted by molar-refractivity contribution is 7.99. The van der Waals surface area contributed by atoms with Crippen molar-refractivity contribution in [3.8, 4) is 0 Å². The summed E-state index contributed by atoms with van der Waals surface area (Å²) in [6.07, 6.45) is 1.65. The third-order valence-corrected chi connectivity index (χ3v) is 9.16. The van der Waals surface area contributed by atoms with Crippen LogP contribution in [0.4, 0.5) is 11.4 Å². The predicted molar refractivity (Wildman–Crippen MR) is 162 cm³/mol. The number of anilines is 2. The fourth-order valence-corrected chi connectivity index (χ4v) is 6.49. The molecule has 5 rings (SSSR count). The molecule has 0 saturated carbocycles. The van der Waals surface area contributed by atoms with Gasteiger partial charge in [-0.25, -0.2) is 0 Å². The van der Waals surface area contributed by atoms with Crippen LogP contribution in [0.3, 0.4) is 0 Å². The number of fused-ring (bicyclic) bond motifs is 2. The fourth-order valence-electron chi connectivity index (χ4n) is 5.33. The first-order valence-corrected chi connectivity index (χ1v) is 14.8. The highest BCUT2D eigenvalue weighted by Crippen LogP contribution is 2.41. The van der Waals surface area contributed by atoms with E-state index in [1.165, 1.54) is 11.8 Å². The van der Waals surface area contributed by atoms with E-state index in [9.17, 15) is 14.4 Å². The van der Waals surface area contributed by atoms with Crippen molar-refractivity contribution in [1.29, 1.82) is 0 Å². The number of amides is 3. The summed E-state index contributed by atoms with van der Waals surface area (Å²) in [4.78, 5) is 45.0. The van der Waals surface area contributed by atoms with Gasteiger partial charge in [-0.05, 0) is 75.4 Å². The summed E-state index contributed by atoms with van der Waals surface area (Å²) in [6, 6.07) is 18.8. The Morgan fingerprint density at radius 2 is 1.75 bits per heavy atom. The summed E-state index contributed by atoms with van der Waals surface area (Å²) in [5.41, 5.74) is 2.46. The van der Waals surface area contributed by atoms with Crippen LogP contribution in [-0.4, -0.2) is 67.6 Å². The molecule has 0 spiro atoms. The van der Waals surface area contributed by atoms with Gasteiger partial charge in [-0.2, -0.15) is 0 Å². The summed E-state index contributed by atoms with van der Waals surface area (Å²) in [5, 5.41) is 11.3. The highest BCUT2D eigenvalue weighted by atomic mass is 32.2. The number of piperidine rings is 1. The molecule has 0 unspecified atom stereocenters. The molecule has 9 heteroatoms. The molecule has 1 fully saturated rings.